The number of Topliss-reactive ketones (excluding diaryl/α,β-unsaturated/α-hetero) is 1. The first-order valence-corrected chi connectivity index (χ1v) is 12.1. The third-order valence-electron chi connectivity index (χ3n) is 5.58. The van der Waals surface area contributed by atoms with Gasteiger partial charge in [0.2, 0.25) is 11.7 Å². The van der Waals surface area contributed by atoms with Gasteiger partial charge in [0.15, 0.2) is 6.61 Å². The summed E-state index contributed by atoms with van der Waals surface area (Å²) in [6, 6.07) is 20.0. The van der Waals surface area contributed by atoms with E-state index in [9.17, 15) is 4.79 Å². The molecule has 2 aromatic carbocycles. The van der Waals surface area contributed by atoms with E-state index in [1.54, 1.807) is 0 Å². The lowest BCUT2D eigenvalue weighted by molar-refractivity contribution is 0.0918. The van der Waals surface area contributed by atoms with Crippen LogP contribution in [0, 0.1) is 13.8 Å². The summed E-state index contributed by atoms with van der Waals surface area (Å²) < 4.78 is 9.06. The highest BCUT2D eigenvalue weighted by atomic mass is 79.9. The van der Waals surface area contributed by atoms with Gasteiger partial charge in [-0.05, 0) is 49.7 Å². The first-order valence-electron chi connectivity index (χ1n) is 10.4. The van der Waals surface area contributed by atoms with Crippen LogP contribution < -0.4 is 4.74 Å². The van der Waals surface area contributed by atoms with Gasteiger partial charge in [0.25, 0.3) is 0 Å². The average Bonchev–Trinajstić information content (AvgIpc) is 3.40. The molecule has 5 rings (SSSR count). The Morgan fingerprint density at radius 1 is 1.06 bits per heavy atom. The molecule has 3 heterocycles. The van der Waals surface area contributed by atoms with Crippen molar-refractivity contribution >= 4 is 43.3 Å². The van der Waals surface area contributed by atoms with Crippen LogP contribution in [0.2, 0.25) is 0 Å². The predicted molar refractivity (Wildman–Crippen MR) is 136 cm³/mol. The van der Waals surface area contributed by atoms with Crippen LogP contribution in [0.15, 0.2) is 76.8 Å². The zero-order valence-electron chi connectivity index (χ0n) is 18.1. The molecule has 5 aromatic rings. The summed E-state index contributed by atoms with van der Waals surface area (Å²) in [6.07, 6.45) is 1.48. The van der Waals surface area contributed by atoms with E-state index in [0.717, 1.165) is 42.9 Å². The van der Waals surface area contributed by atoms with Gasteiger partial charge in [-0.3, -0.25) is 4.79 Å². The van der Waals surface area contributed by atoms with E-state index in [-0.39, 0.29) is 12.4 Å². The van der Waals surface area contributed by atoms with E-state index in [0.29, 0.717) is 11.4 Å². The molecule has 0 atom stereocenters. The number of benzene rings is 2. The lowest BCUT2D eigenvalue weighted by Crippen LogP contribution is -2.13. The summed E-state index contributed by atoms with van der Waals surface area (Å²) in [5, 5.41) is 2.89. The van der Waals surface area contributed by atoms with Crippen LogP contribution in [-0.2, 0) is 0 Å². The summed E-state index contributed by atoms with van der Waals surface area (Å²) >= 11 is 5.01. The van der Waals surface area contributed by atoms with Gasteiger partial charge in [-0.25, -0.2) is 9.97 Å². The minimum atomic E-state index is -0.0964. The highest BCUT2D eigenvalue weighted by Crippen LogP contribution is 2.37. The molecule has 5 nitrogen and oxygen atoms in total. The number of ketones is 1. The Hall–Kier alpha value is -3.29. The molecule has 0 bridgehead atoms. The number of carbonyl (C=O) groups is 1. The smallest absolute Gasteiger partial charge is 0.226 e. The van der Waals surface area contributed by atoms with Gasteiger partial charge in [0.1, 0.15) is 11.2 Å². The first-order chi connectivity index (χ1) is 16.0. The third kappa shape index (κ3) is 4.10. The zero-order valence-corrected chi connectivity index (χ0v) is 20.5. The summed E-state index contributed by atoms with van der Waals surface area (Å²) in [6.45, 7) is 3.86. The number of hydrogen-bond acceptors (Lipinski definition) is 5. The minimum absolute atomic E-state index is 0.0882. The van der Waals surface area contributed by atoms with E-state index in [1.165, 1.54) is 17.7 Å². The highest BCUT2D eigenvalue weighted by Gasteiger charge is 2.19. The van der Waals surface area contributed by atoms with Crippen molar-refractivity contribution in [2.45, 2.75) is 13.8 Å². The van der Waals surface area contributed by atoms with Crippen molar-refractivity contribution in [2.24, 2.45) is 0 Å². The Kier molecular flexibility index (Phi) is 5.83. The van der Waals surface area contributed by atoms with E-state index < -0.39 is 0 Å². The van der Waals surface area contributed by atoms with E-state index >= 15 is 0 Å². The van der Waals surface area contributed by atoms with Gasteiger partial charge in [-0.1, -0.05) is 46.3 Å². The Bertz CT molecular complexity index is 1460. The number of nitrogens with zero attached hydrogens (tertiary/aromatic N) is 3. The molecule has 0 unspecified atom stereocenters. The fourth-order valence-electron chi connectivity index (χ4n) is 4.03. The second-order valence-corrected chi connectivity index (χ2v) is 9.46. The van der Waals surface area contributed by atoms with Crippen LogP contribution in [0.1, 0.15) is 21.7 Å². The number of thiophene rings is 1. The highest BCUT2D eigenvalue weighted by molar-refractivity contribution is 9.10. The Balaban J connectivity index is 1.43. The Morgan fingerprint density at radius 3 is 2.58 bits per heavy atom. The number of ether oxygens (including phenoxy) is 1. The lowest BCUT2D eigenvalue weighted by Gasteiger charge is -2.10. The van der Waals surface area contributed by atoms with Crippen LogP contribution in [0.5, 0.6) is 5.88 Å². The molecule has 0 N–H and O–H groups in total. The van der Waals surface area contributed by atoms with Gasteiger partial charge >= 0.3 is 0 Å². The number of fused-ring (bicyclic) bond motifs is 1. The molecule has 0 aliphatic heterocycles. The van der Waals surface area contributed by atoms with E-state index in [1.807, 2.05) is 74.5 Å². The number of aromatic nitrogens is 3. The molecule has 0 fully saturated rings. The Morgan fingerprint density at radius 2 is 1.82 bits per heavy atom. The van der Waals surface area contributed by atoms with Gasteiger partial charge in [0, 0.05) is 38.1 Å². The van der Waals surface area contributed by atoms with Crippen molar-refractivity contribution in [3.8, 4) is 22.7 Å². The molecular formula is C26H20BrN3O2S. The molecule has 164 valence electrons. The summed E-state index contributed by atoms with van der Waals surface area (Å²) in [5.41, 5.74) is 5.61. The normalized spacial score (nSPS) is 11.1. The summed E-state index contributed by atoms with van der Waals surface area (Å²) in [5.74, 6) is 0.338. The van der Waals surface area contributed by atoms with Crippen molar-refractivity contribution in [3.63, 3.8) is 0 Å². The summed E-state index contributed by atoms with van der Waals surface area (Å²) in [4.78, 5) is 22.7. The quantitative estimate of drug-likeness (QED) is 0.232. The van der Waals surface area contributed by atoms with Crippen molar-refractivity contribution in [1.29, 1.82) is 0 Å². The average molecular weight is 518 g/mol. The SMILES string of the molecule is Cc1cc(C(=O)COc2ncnc3scc(-c4ccccc4)c23)c(C)n1-c1ccc(Br)cc1. The second-order valence-electron chi connectivity index (χ2n) is 7.68. The maximum Gasteiger partial charge on any atom is 0.226 e. The molecule has 3 aromatic heterocycles. The van der Waals surface area contributed by atoms with Crippen LogP contribution in [0.4, 0.5) is 0 Å². The molecule has 0 aliphatic carbocycles. The number of carbonyl (C=O) groups excluding carboxylic acids is 1. The van der Waals surface area contributed by atoms with Gasteiger partial charge in [-0.15, -0.1) is 11.3 Å². The molecule has 0 saturated heterocycles. The maximum absolute atomic E-state index is 13.1. The van der Waals surface area contributed by atoms with E-state index in [4.69, 9.17) is 4.74 Å². The molecule has 0 radical (unpaired) electrons. The van der Waals surface area contributed by atoms with Crippen LogP contribution in [0.25, 0.3) is 27.0 Å². The fourth-order valence-corrected chi connectivity index (χ4v) is 5.20. The standard InChI is InChI=1S/C26H20BrN3O2S/c1-16-12-21(17(2)30(16)20-10-8-19(27)9-11-20)23(31)13-32-25-24-22(18-6-4-3-5-7-18)14-33-26(24)29-15-28-25/h3-12,14-15H,13H2,1-2H3. The number of aryl methyl sites for hydroxylation is 1. The first kappa shape index (κ1) is 21.6. The van der Waals surface area contributed by atoms with Gasteiger partial charge in [-0.2, -0.15) is 0 Å². The lowest BCUT2D eigenvalue weighted by atomic mass is 10.1. The second kappa shape index (κ2) is 8.92. The van der Waals surface area contributed by atoms with Crippen LogP contribution in [-0.4, -0.2) is 26.9 Å². The topological polar surface area (TPSA) is 57.0 Å². The van der Waals surface area contributed by atoms with Crippen molar-refractivity contribution < 1.29 is 9.53 Å². The predicted octanol–water partition coefficient (Wildman–Crippen LogP) is 6.79. The molecule has 0 aliphatic rings. The molecule has 0 amide bonds. The molecule has 0 spiro atoms. The number of halogens is 1. The third-order valence-corrected chi connectivity index (χ3v) is 6.99. The largest absolute Gasteiger partial charge is 0.469 e. The van der Waals surface area contributed by atoms with Crippen LogP contribution in [0.3, 0.4) is 0 Å². The molecule has 33 heavy (non-hydrogen) atoms. The summed E-state index contributed by atoms with van der Waals surface area (Å²) in [7, 11) is 0. The van der Waals surface area contributed by atoms with Gasteiger partial charge < -0.3 is 9.30 Å². The van der Waals surface area contributed by atoms with Crippen molar-refractivity contribution in [1.82, 2.24) is 14.5 Å². The maximum atomic E-state index is 13.1. The van der Waals surface area contributed by atoms with E-state index in [2.05, 4.69) is 35.8 Å². The molecule has 7 heteroatoms. The van der Waals surface area contributed by atoms with Crippen molar-refractivity contribution in [3.05, 3.63) is 93.8 Å². The van der Waals surface area contributed by atoms with Crippen LogP contribution >= 0.6 is 27.3 Å². The Labute approximate surface area is 203 Å². The van der Waals surface area contributed by atoms with Crippen molar-refractivity contribution in [2.75, 3.05) is 6.61 Å². The zero-order chi connectivity index (χ0) is 22.9. The monoisotopic (exact) mass is 517 g/mol. The van der Waals surface area contributed by atoms with Gasteiger partial charge in [0.05, 0.1) is 5.39 Å². The molecule has 0 saturated carbocycles. The number of rotatable bonds is 6. The molecular weight excluding hydrogens is 498 g/mol. The fraction of sp³-hybridized carbons (Fsp3) is 0.115. The number of hydrogen-bond donors (Lipinski definition) is 0. The minimum Gasteiger partial charge on any atom is -0.469 e.